The quantitative estimate of drug-likeness (QED) is 0.694. The summed E-state index contributed by atoms with van der Waals surface area (Å²) in [5, 5.41) is 7.12. The number of nitrogens with zero attached hydrogens (tertiary/aromatic N) is 3. The zero-order valence-corrected chi connectivity index (χ0v) is 18.3. The van der Waals surface area contributed by atoms with Crippen LogP contribution in [0.3, 0.4) is 0 Å². The summed E-state index contributed by atoms with van der Waals surface area (Å²) in [6.45, 7) is 4.53. The monoisotopic (exact) mass is 461 g/mol. The molecule has 3 rings (SSSR count). The summed E-state index contributed by atoms with van der Waals surface area (Å²) in [6, 6.07) is 6.50. The number of piperidine rings is 1. The summed E-state index contributed by atoms with van der Waals surface area (Å²) in [6.07, 6.45) is 0.0230. The van der Waals surface area contributed by atoms with Gasteiger partial charge in [0.05, 0.1) is 12.3 Å². The summed E-state index contributed by atoms with van der Waals surface area (Å²) in [7, 11) is 3.35. The third-order valence-corrected chi connectivity index (χ3v) is 5.86. The van der Waals surface area contributed by atoms with Crippen molar-refractivity contribution in [3.05, 3.63) is 30.1 Å². The molecule has 1 spiro atoms. The van der Waals surface area contributed by atoms with Crippen molar-refractivity contribution in [3.63, 3.8) is 0 Å². The number of pyridine rings is 1. The maximum Gasteiger partial charge on any atom is 0.490 e. The Bertz CT molecular complexity index is 740. The van der Waals surface area contributed by atoms with Gasteiger partial charge in [0.15, 0.2) is 0 Å². The molecule has 2 fully saturated rings. The first-order valence-electron chi connectivity index (χ1n) is 10.3. The second-order valence-corrected chi connectivity index (χ2v) is 8.16. The zero-order valence-electron chi connectivity index (χ0n) is 18.3. The molecule has 0 aliphatic carbocycles. The van der Waals surface area contributed by atoms with Crippen LogP contribution in [0.1, 0.15) is 25.0 Å². The molecule has 8 nitrogen and oxygen atoms in total. The molecule has 1 amide bonds. The first kappa shape index (κ1) is 26.0. The lowest BCUT2D eigenvalue weighted by molar-refractivity contribution is -0.192. The summed E-state index contributed by atoms with van der Waals surface area (Å²) < 4.78 is 42.2. The van der Waals surface area contributed by atoms with Crippen molar-refractivity contribution >= 4 is 11.9 Å². The van der Waals surface area contributed by atoms with E-state index in [2.05, 4.69) is 16.0 Å². The van der Waals surface area contributed by atoms with Crippen molar-refractivity contribution < 1.29 is 37.3 Å². The van der Waals surface area contributed by atoms with Crippen molar-refractivity contribution in [1.82, 2.24) is 14.8 Å². The molecule has 1 unspecified atom stereocenters. The second kappa shape index (κ2) is 11.6. The number of rotatable bonds is 6. The summed E-state index contributed by atoms with van der Waals surface area (Å²) in [5.41, 5.74) is 1.40. The molecule has 0 bridgehead atoms. The van der Waals surface area contributed by atoms with E-state index in [1.165, 1.54) is 0 Å². The van der Waals surface area contributed by atoms with Gasteiger partial charge < -0.3 is 19.5 Å². The Morgan fingerprint density at radius 3 is 2.38 bits per heavy atom. The Hall–Kier alpha value is -2.24. The fraction of sp³-hybridized carbons (Fsp3) is 0.667. The van der Waals surface area contributed by atoms with Crippen LogP contribution in [0.2, 0.25) is 0 Å². The van der Waals surface area contributed by atoms with E-state index in [0.29, 0.717) is 11.5 Å². The van der Waals surface area contributed by atoms with E-state index in [-0.39, 0.29) is 12.5 Å². The molecule has 1 aromatic heterocycles. The minimum atomic E-state index is -5.08. The van der Waals surface area contributed by atoms with Gasteiger partial charge in [-0.2, -0.15) is 13.2 Å². The number of carboxylic acids is 1. The standard InChI is InChI=1S/C19H29N3O3.C2HF3O2/c1-24-13-17-11-19(6-9-21(10-7-19)18(23)14-25-2)15-22(17)12-16-5-3-4-8-20-16;3-2(4,5)1(6)7/h3-5,8,17H,6-7,9-15H2,1-2H3;(H,6,7). The number of aliphatic carboxylic acids is 1. The lowest BCUT2D eigenvalue weighted by atomic mass is 9.76. The number of methoxy groups -OCH3 is 2. The highest BCUT2D eigenvalue weighted by Gasteiger charge is 2.45. The average Bonchev–Trinajstić information content (AvgIpc) is 3.06. The van der Waals surface area contributed by atoms with Crippen LogP contribution in [-0.4, -0.2) is 91.1 Å². The molecule has 2 aliphatic heterocycles. The highest BCUT2D eigenvalue weighted by Crippen LogP contribution is 2.43. The highest BCUT2D eigenvalue weighted by molar-refractivity contribution is 5.77. The van der Waals surface area contributed by atoms with Crippen molar-refractivity contribution in [2.75, 3.05) is 47.1 Å². The molecule has 3 heterocycles. The molecule has 32 heavy (non-hydrogen) atoms. The van der Waals surface area contributed by atoms with E-state index in [1.807, 2.05) is 23.2 Å². The van der Waals surface area contributed by atoms with E-state index in [1.54, 1.807) is 14.2 Å². The number of carbonyl (C=O) groups is 2. The van der Waals surface area contributed by atoms with Gasteiger partial charge in [0.2, 0.25) is 5.91 Å². The van der Waals surface area contributed by atoms with Gasteiger partial charge in [-0.15, -0.1) is 0 Å². The van der Waals surface area contributed by atoms with Crippen molar-refractivity contribution in [2.45, 2.75) is 38.0 Å². The lowest BCUT2D eigenvalue weighted by Crippen LogP contribution is -2.45. The average molecular weight is 461 g/mol. The number of amides is 1. The van der Waals surface area contributed by atoms with Crippen LogP contribution in [0.25, 0.3) is 0 Å². The van der Waals surface area contributed by atoms with E-state index in [4.69, 9.17) is 19.4 Å². The van der Waals surface area contributed by atoms with Crippen LogP contribution in [0, 0.1) is 5.41 Å². The molecule has 2 saturated heterocycles. The van der Waals surface area contributed by atoms with Crippen molar-refractivity contribution in [3.8, 4) is 0 Å². The van der Waals surface area contributed by atoms with Gasteiger partial charge in [-0.05, 0) is 36.8 Å². The normalized spacial score (nSPS) is 20.7. The van der Waals surface area contributed by atoms with Crippen LogP contribution >= 0.6 is 0 Å². The number of hydrogen-bond donors (Lipinski definition) is 1. The number of ether oxygens (including phenoxy) is 2. The van der Waals surface area contributed by atoms with Crippen LogP contribution in [-0.2, 0) is 25.6 Å². The number of likely N-dealkylation sites (tertiary alicyclic amines) is 2. The molecule has 2 aliphatic rings. The largest absolute Gasteiger partial charge is 0.490 e. The SMILES string of the molecule is COCC(=O)N1CCC2(CC1)CC(COC)N(Cc1ccccn1)C2.O=C(O)C(F)(F)F. The zero-order chi connectivity index (χ0) is 23.8. The van der Waals surface area contributed by atoms with Crippen molar-refractivity contribution in [2.24, 2.45) is 5.41 Å². The number of carboxylic acid groups (broad SMARTS) is 1. The van der Waals surface area contributed by atoms with E-state index < -0.39 is 12.1 Å². The van der Waals surface area contributed by atoms with Crippen LogP contribution in [0.15, 0.2) is 24.4 Å². The predicted octanol–water partition coefficient (Wildman–Crippen LogP) is 2.19. The minimum Gasteiger partial charge on any atom is -0.475 e. The number of halogens is 3. The fourth-order valence-electron chi connectivity index (χ4n) is 4.30. The third-order valence-electron chi connectivity index (χ3n) is 5.86. The number of hydrogen-bond acceptors (Lipinski definition) is 6. The second-order valence-electron chi connectivity index (χ2n) is 8.16. The van der Waals surface area contributed by atoms with Crippen LogP contribution in [0.5, 0.6) is 0 Å². The lowest BCUT2D eigenvalue weighted by Gasteiger charge is -2.39. The highest BCUT2D eigenvalue weighted by atomic mass is 19.4. The maximum atomic E-state index is 12.0. The van der Waals surface area contributed by atoms with Gasteiger partial charge in [-0.25, -0.2) is 4.79 Å². The summed E-state index contributed by atoms with van der Waals surface area (Å²) >= 11 is 0. The first-order chi connectivity index (χ1) is 15.1. The molecular weight excluding hydrogens is 431 g/mol. The van der Waals surface area contributed by atoms with E-state index in [9.17, 15) is 18.0 Å². The van der Waals surface area contributed by atoms with Gasteiger partial charge in [-0.1, -0.05) is 6.07 Å². The Morgan fingerprint density at radius 1 is 1.22 bits per heavy atom. The van der Waals surface area contributed by atoms with Crippen LogP contribution in [0.4, 0.5) is 13.2 Å². The fourth-order valence-corrected chi connectivity index (χ4v) is 4.30. The molecule has 0 saturated carbocycles. The number of aromatic nitrogens is 1. The van der Waals surface area contributed by atoms with Gasteiger partial charge in [0.25, 0.3) is 0 Å². The molecule has 1 aromatic rings. The number of alkyl halides is 3. The predicted molar refractivity (Wildman–Crippen MR) is 109 cm³/mol. The Kier molecular flexibility index (Phi) is 9.41. The summed E-state index contributed by atoms with van der Waals surface area (Å²) in [4.78, 5) is 29.9. The Balaban J connectivity index is 0.000000451. The van der Waals surface area contributed by atoms with Crippen molar-refractivity contribution in [1.29, 1.82) is 0 Å². The summed E-state index contributed by atoms with van der Waals surface area (Å²) in [5.74, 6) is -2.65. The topological polar surface area (TPSA) is 92.2 Å². The smallest absolute Gasteiger partial charge is 0.475 e. The van der Waals surface area contributed by atoms with E-state index >= 15 is 0 Å². The maximum absolute atomic E-state index is 12.0. The minimum absolute atomic E-state index is 0.106. The van der Waals surface area contributed by atoms with Gasteiger partial charge >= 0.3 is 12.1 Å². The molecule has 11 heteroatoms. The first-order valence-corrected chi connectivity index (χ1v) is 10.3. The Labute approximate surface area is 185 Å². The van der Waals surface area contributed by atoms with Gasteiger partial charge in [0.1, 0.15) is 6.61 Å². The van der Waals surface area contributed by atoms with Crippen LogP contribution < -0.4 is 0 Å². The third kappa shape index (κ3) is 7.42. The van der Waals surface area contributed by atoms with Gasteiger partial charge in [-0.3, -0.25) is 14.7 Å². The Morgan fingerprint density at radius 2 is 1.88 bits per heavy atom. The molecule has 1 atom stereocenters. The van der Waals surface area contributed by atoms with Gasteiger partial charge in [0, 0.05) is 52.6 Å². The van der Waals surface area contributed by atoms with E-state index in [0.717, 1.165) is 57.7 Å². The number of carbonyl (C=O) groups excluding carboxylic acids is 1. The molecular formula is C21H30F3N3O5. The molecule has 0 aromatic carbocycles. The molecule has 0 radical (unpaired) electrons. The molecule has 1 N–H and O–H groups in total. The molecule has 180 valence electrons.